The smallest absolute Gasteiger partial charge is 0.307 e. The van der Waals surface area contributed by atoms with Crippen molar-refractivity contribution in [2.24, 2.45) is 0 Å². The van der Waals surface area contributed by atoms with E-state index in [1.807, 2.05) is 6.08 Å². The molecule has 0 aliphatic carbocycles. The number of hydrogen-bond acceptors (Lipinski definition) is 3. The third-order valence-corrected chi connectivity index (χ3v) is 4.26. The van der Waals surface area contributed by atoms with Crippen LogP contribution in [0.25, 0.3) is 0 Å². The van der Waals surface area contributed by atoms with E-state index in [0.717, 1.165) is 57.8 Å². The number of ether oxygens (including phenoxy) is 1. The molecule has 4 nitrogen and oxygen atoms in total. The van der Waals surface area contributed by atoms with Crippen LogP contribution in [-0.2, 0) is 14.3 Å². The monoisotopic (exact) mass is 446 g/mol. The molecule has 0 atom stereocenters. The van der Waals surface area contributed by atoms with Gasteiger partial charge < -0.3 is 9.84 Å². The van der Waals surface area contributed by atoms with Gasteiger partial charge in [0.2, 0.25) is 0 Å². The second-order valence-electron chi connectivity index (χ2n) is 7.43. The van der Waals surface area contributed by atoms with Gasteiger partial charge in [0.05, 0.1) is 13.0 Å². The van der Waals surface area contributed by atoms with Crippen LogP contribution in [0.5, 0.6) is 0 Å². The number of carbonyl (C=O) groups is 2. The molecule has 0 bridgehead atoms. The molecular weight excluding hydrogens is 400 g/mol. The van der Waals surface area contributed by atoms with Crippen molar-refractivity contribution in [3.05, 3.63) is 60.8 Å². The molecule has 0 radical (unpaired) electrons. The highest BCUT2D eigenvalue weighted by Crippen LogP contribution is 2.04. The molecule has 0 amide bonds. The average Bonchev–Trinajstić information content (AvgIpc) is 2.76. The molecule has 0 spiro atoms. The summed E-state index contributed by atoms with van der Waals surface area (Å²) in [6.07, 6.45) is 33.1. The number of carbonyl (C=O) groups excluding carboxylic acids is 1. The van der Waals surface area contributed by atoms with Gasteiger partial charge in [-0.1, -0.05) is 87.4 Å². The second kappa shape index (κ2) is 28.6. The fraction of sp³-hybridized carbons (Fsp3) is 0.571. The summed E-state index contributed by atoms with van der Waals surface area (Å²) in [4.78, 5) is 20.7. The van der Waals surface area contributed by atoms with E-state index in [0.29, 0.717) is 6.61 Å². The molecule has 0 aromatic rings. The first-order valence-corrected chi connectivity index (χ1v) is 12.2. The van der Waals surface area contributed by atoms with Crippen LogP contribution in [0.4, 0.5) is 0 Å². The lowest BCUT2D eigenvalue weighted by atomic mass is 10.1. The molecule has 32 heavy (non-hydrogen) atoms. The third-order valence-electron chi connectivity index (χ3n) is 4.26. The quantitative estimate of drug-likeness (QED) is 0.0999. The molecule has 182 valence electrons. The van der Waals surface area contributed by atoms with E-state index >= 15 is 0 Å². The summed E-state index contributed by atoms with van der Waals surface area (Å²) in [5.41, 5.74) is 0. The standard InChI is InChI=1S/C14H24O2.C14H22O2/c1-3-4-5-6-7-8-9-10-11-12-13-16-14(2)15;1-2-3-4-5-6-7-8-9-10-11-12-13-14(15)16/h4-7H,3,8-13H2,1-2H3;3-6,11-12H,2,7-10,13H2,1H3,(H,15,16)/b;4-3+,6-5+,12-11+. The number of aliphatic carboxylic acids is 1. The van der Waals surface area contributed by atoms with Crippen LogP contribution in [-0.4, -0.2) is 23.7 Å². The summed E-state index contributed by atoms with van der Waals surface area (Å²) in [6.45, 7) is 6.28. The SMILES string of the molecule is CC/C=C/C=C/CCCC/C=C/CC(=O)O.CCC=CC=CCCCCCCOC(C)=O. The van der Waals surface area contributed by atoms with Crippen molar-refractivity contribution in [1.82, 2.24) is 0 Å². The molecule has 4 heteroatoms. The Kier molecular flexibility index (Phi) is 28.5. The lowest BCUT2D eigenvalue weighted by Crippen LogP contribution is -1.99. The molecule has 0 aliphatic rings. The predicted molar refractivity (Wildman–Crippen MR) is 137 cm³/mol. The average molecular weight is 447 g/mol. The van der Waals surface area contributed by atoms with E-state index in [2.05, 4.69) is 62.5 Å². The van der Waals surface area contributed by atoms with Gasteiger partial charge >= 0.3 is 11.9 Å². The molecule has 0 rings (SSSR count). The summed E-state index contributed by atoms with van der Waals surface area (Å²) in [5, 5.41) is 8.39. The molecule has 0 unspecified atom stereocenters. The third kappa shape index (κ3) is 35.1. The molecule has 0 saturated carbocycles. The van der Waals surface area contributed by atoms with Crippen LogP contribution in [0.3, 0.4) is 0 Å². The van der Waals surface area contributed by atoms with Crippen molar-refractivity contribution in [2.75, 3.05) is 6.61 Å². The highest BCUT2D eigenvalue weighted by molar-refractivity contribution is 5.68. The van der Waals surface area contributed by atoms with Crippen molar-refractivity contribution in [2.45, 2.75) is 97.8 Å². The summed E-state index contributed by atoms with van der Waals surface area (Å²) in [5.74, 6) is -0.937. The Morgan fingerprint density at radius 2 is 1.12 bits per heavy atom. The molecule has 0 aromatic carbocycles. The van der Waals surface area contributed by atoms with Crippen molar-refractivity contribution in [3.63, 3.8) is 0 Å². The largest absolute Gasteiger partial charge is 0.481 e. The number of unbranched alkanes of at least 4 members (excludes halogenated alkanes) is 7. The Balaban J connectivity index is 0. The van der Waals surface area contributed by atoms with Crippen LogP contribution in [0.15, 0.2) is 60.8 Å². The van der Waals surface area contributed by atoms with Crippen LogP contribution >= 0.6 is 0 Å². The maximum atomic E-state index is 10.5. The van der Waals surface area contributed by atoms with Gasteiger partial charge in [-0.3, -0.25) is 9.59 Å². The lowest BCUT2D eigenvalue weighted by Gasteiger charge is -2.00. The number of allylic oxidation sites excluding steroid dienone is 9. The number of rotatable bonds is 18. The normalized spacial score (nSPS) is 11.7. The zero-order valence-corrected chi connectivity index (χ0v) is 20.6. The molecular formula is C28H46O4. The highest BCUT2D eigenvalue weighted by atomic mass is 16.5. The highest BCUT2D eigenvalue weighted by Gasteiger charge is 1.92. The first-order chi connectivity index (χ1) is 15.5. The Hall–Kier alpha value is -2.36. The predicted octanol–water partition coefficient (Wildman–Crippen LogP) is 8.12. The summed E-state index contributed by atoms with van der Waals surface area (Å²) in [7, 11) is 0. The number of carboxylic acid groups (broad SMARTS) is 1. The fourth-order valence-corrected chi connectivity index (χ4v) is 2.54. The summed E-state index contributed by atoms with van der Waals surface area (Å²) >= 11 is 0. The molecule has 0 heterocycles. The Morgan fingerprint density at radius 1 is 0.656 bits per heavy atom. The fourth-order valence-electron chi connectivity index (χ4n) is 2.54. The van der Waals surface area contributed by atoms with Gasteiger partial charge in [0.25, 0.3) is 0 Å². The molecule has 0 fully saturated rings. The minimum absolute atomic E-state index is 0.141. The Morgan fingerprint density at radius 3 is 1.62 bits per heavy atom. The van der Waals surface area contributed by atoms with Crippen molar-refractivity contribution in [1.29, 1.82) is 0 Å². The van der Waals surface area contributed by atoms with Gasteiger partial charge in [0.1, 0.15) is 0 Å². The topological polar surface area (TPSA) is 63.6 Å². The minimum atomic E-state index is -0.762. The minimum Gasteiger partial charge on any atom is -0.481 e. The van der Waals surface area contributed by atoms with E-state index < -0.39 is 5.97 Å². The second-order valence-corrected chi connectivity index (χ2v) is 7.43. The lowest BCUT2D eigenvalue weighted by molar-refractivity contribution is -0.141. The van der Waals surface area contributed by atoms with E-state index in [9.17, 15) is 9.59 Å². The molecule has 0 saturated heterocycles. The zero-order valence-electron chi connectivity index (χ0n) is 20.6. The van der Waals surface area contributed by atoms with Crippen LogP contribution in [0, 0.1) is 0 Å². The van der Waals surface area contributed by atoms with Gasteiger partial charge in [-0.25, -0.2) is 0 Å². The van der Waals surface area contributed by atoms with Crippen molar-refractivity contribution >= 4 is 11.9 Å². The van der Waals surface area contributed by atoms with Crippen LogP contribution < -0.4 is 0 Å². The maximum Gasteiger partial charge on any atom is 0.307 e. The van der Waals surface area contributed by atoms with Gasteiger partial charge in [0, 0.05) is 6.92 Å². The number of hydrogen-bond donors (Lipinski definition) is 1. The van der Waals surface area contributed by atoms with Crippen LogP contribution in [0.2, 0.25) is 0 Å². The summed E-state index contributed by atoms with van der Waals surface area (Å²) < 4.78 is 4.85. The van der Waals surface area contributed by atoms with Crippen molar-refractivity contribution < 1.29 is 19.4 Å². The van der Waals surface area contributed by atoms with Gasteiger partial charge in [-0.2, -0.15) is 0 Å². The van der Waals surface area contributed by atoms with E-state index in [-0.39, 0.29) is 12.4 Å². The Labute approximate surface area is 196 Å². The summed E-state index contributed by atoms with van der Waals surface area (Å²) in [6, 6.07) is 0. The van der Waals surface area contributed by atoms with E-state index in [4.69, 9.17) is 9.84 Å². The van der Waals surface area contributed by atoms with E-state index in [1.165, 1.54) is 19.8 Å². The zero-order chi connectivity index (χ0) is 24.1. The van der Waals surface area contributed by atoms with Gasteiger partial charge in [-0.15, -0.1) is 0 Å². The molecule has 1 N–H and O–H groups in total. The number of esters is 1. The molecule has 0 aromatic heterocycles. The molecule has 0 aliphatic heterocycles. The van der Waals surface area contributed by atoms with E-state index in [1.54, 1.807) is 6.08 Å². The van der Waals surface area contributed by atoms with Crippen molar-refractivity contribution in [3.8, 4) is 0 Å². The maximum absolute atomic E-state index is 10.5. The first kappa shape index (κ1) is 31.8. The Bertz CT molecular complexity index is 568. The first-order valence-electron chi connectivity index (χ1n) is 12.2. The van der Waals surface area contributed by atoms with Gasteiger partial charge in [-0.05, 0) is 57.8 Å². The van der Waals surface area contributed by atoms with Gasteiger partial charge in [0.15, 0.2) is 0 Å². The number of carboxylic acids is 1. The van der Waals surface area contributed by atoms with Crippen LogP contribution in [0.1, 0.15) is 97.8 Å².